The van der Waals surface area contributed by atoms with E-state index in [2.05, 4.69) is 12.2 Å². The zero-order valence-electron chi connectivity index (χ0n) is 12.1. The Labute approximate surface area is 115 Å². The second-order valence-electron chi connectivity index (χ2n) is 4.92. The zero-order valence-corrected chi connectivity index (χ0v) is 12.1. The first-order valence-electron chi connectivity index (χ1n) is 6.78. The summed E-state index contributed by atoms with van der Waals surface area (Å²) in [5.74, 6) is 1.48. The summed E-state index contributed by atoms with van der Waals surface area (Å²) >= 11 is 0. The van der Waals surface area contributed by atoms with E-state index in [-0.39, 0.29) is 0 Å². The van der Waals surface area contributed by atoms with Crippen LogP contribution in [0.1, 0.15) is 26.7 Å². The highest BCUT2D eigenvalue weighted by atomic mass is 16.5. The maximum absolute atomic E-state index is 9.99. The molecule has 0 radical (unpaired) electrons. The molecule has 1 aromatic carbocycles. The highest BCUT2D eigenvalue weighted by molar-refractivity contribution is 5.39. The number of hydrogen-bond donors (Lipinski definition) is 2. The number of hydrogen-bond acceptors (Lipinski definition) is 4. The Morgan fingerprint density at radius 1 is 1.26 bits per heavy atom. The number of ether oxygens (including phenoxy) is 2. The third-order valence-corrected chi connectivity index (χ3v) is 2.90. The van der Waals surface area contributed by atoms with Gasteiger partial charge < -0.3 is 19.9 Å². The maximum Gasteiger partial charge on any atom is 0.161 e. The molecule has 1 atom stereocenters. The van der Waals surface area contributed by atoms with Crippen LogP contribution >= 0.6 is 0 Å². The molecular formula is C15H25NO3. The van der Waals surface area contributed by atoms with E-state index in [0.29, 0.717) is 19.7 Å². The highest BCUT2D eigenvalue weighted by Gasteiger charge is 2.17. The van der Waals surface area contributed by atoms with Crippen molar-refractivity contribution in [3.05, 3.63) is 24.3 Å². The fourth-order valence-corrected chi connectivity index (χ4v) is 1.96. The lowest BCUT2D eigenvalue weighted by atomic mass is 10.0. The van der Waals surface area contributed by atoms with Crippen LogP contribution in [0.15, 0.2) is 24.3 Å². The first-order valence-corrected chi connectivity index (χ1v) is 6.78. The molecule has 0 saturated carbocycles. The van der Waals surface area contributed by atoms with E-state index in [1.165, 1.54) is 0 Å². The molecule has 0 fully saturated rings. The third kappa shape index (κ3) is 5.94. The minimum atomic E-state index is -0.640. The van der Waals surface area contributed by atoms with Crippen molar-refractivity contribution in [2.45, 2.75) is 32.3 Å². The van der Waals surface area contributed by atoms with Crippen LogP contribution in [0.25, 0.3) is 0 Å². The number of para-hydroxylation sites is 2. The highest BCUT2D eigenvalue weighted by Crippen LogP contribution is 2.25. The van der Waals surface area contributed by atoms with E-state index >= 15 is 0 Å². The van der Waals surface area contributed by atoms with Crippen molar-refractivity contribution in [3.63, 3.8) is 0 Å². The van der Waals surface area contributed by atoms with Crippen LogP contribution in [0, 0.1) is 0 Å². The van der Waals surface area contributed by atoms with Crippen molar-refractivity contribution in [1.82, 2.24) is 5.32 Å². The van der Waals surface area contributed by atoms with Crippen molar-refractivity contribution in [3.8, 4) is 11.5 Å². The smallest absolute Gasteiger partial charge is 0.161 e. The second kappa shape index (κ2) is 8.02. The van der Waals surface area contributed by atoms with Gasteiger partial charge in [0.15, 0.2) is 11.5 Å². The van der Waals surface area contributed by atoms with Gasteiger partial charge in [-0.15, -0.1) is 0 Å². The summed E-state index contributed by atoms with van der Waals surface area (Å²) in [7, 11) is 1.63. The van der Waals surface area contributed by atoms with Gasteiger partial charge >= 0.3 is 0 Å². The van der Waals surface area contributed by atoms with Gasteiger partial charge in [0.1, 0.15) is 6.61 Å². The Kier molecular flexibility index (Phi) is 6.67. The van der Waals surface area contributed by atoms with E-state index in [1.807, 2.05) is 31.2 Å². The van der Waals surface area contributed by atoms with Crippen molar-refractivity contribution < 1.29 is 14.6 Å². The van der Waals surface area contributed by atoms with Crippen LogP contribution in [0.4, 0.5) is 0 Å². The fourth-order valence-electron chi connectivity index (χ4n) is 1.96. The molecule has 0 aromatic heterocycles. The van der Waals surface area contributed by atoms with Crippen LogP contribution < -0.4 is 14.8 Å². The monoisotopic (exact) mass is 267 g/mol. The Bertz CT molecular complexity index is 366. The third-order valence-electron chi connectivity index (χ3n) is 2.90. The van der Waals surface area contributed by atoms with Gasteiger partial charge in [-0.3, -0.25) is 0 Å². The van der Waals surface area contributed by atoms with Crippen LogP contribution in [0.2, 0.25) is 0 Å². The van der Waals surface area contributed by atoms with E-state index in [9.17, 15) is 5.11 Å². The van der Waals surface area contributed by atoms with Crippen LogP contribution in [0.3, 0.4) is 0 Å². The summed E-state index contributed by atoms with van der Waals surface area (Å²) in [6.45, 7) is 5.74. The van der Waals surface area contributed by atoms with Gasteiger partial charge in [0.25, 0.3) is 0 Å². The fraction of sp³-hybridized carbons (Fsp3) is 0.600. The lowest BCUT2D eigenvalue weighted by molar-refractivity contribution is 0.0494. The number of benzene rings is 1. The predicted molar refractivity (Wildman–Crippen MR) is 76.9 cm³/mol. The van der Waals surface area contributed by atoms with E-state index in [1.54, 1.807) is 7.11 Å². The topological polar surface area (TPSA) is 50.7 Å². The minimum absolute atomic E-state index is 0.544. The lowest BCUT2D eigenvalue weighted by Gasteiger charge is -2.23. The molecule has 0 aliphatic rings. The van der Waals surface area contributed by atoms with Crippen LogP contribution in [-0.2, 0) is 0 Å². The summed E-state index contributed by atoms with van der Waals surface area (Å²) in [5.41, 5.74) is -0.640. The molecule has 4 nitrogen and oxygen atoms in total. The average Bonchev–Trinajstić information content (AvgIpc) is 2.38. The molecule has 0 unspecified atom stereocenters. The molecule has 2 N–H and O–H groups in total. The van der Waals surface area contributed by atoms with Gasteiger partial charge in [0, 0.05) is 13.1 Å². The van der Waals surface area contributed by atoms with Gasteiger partial charge in [0.05, 0.1) is 12.7 Å². The molecule has 108 valence electrons. The summed E-state index contributed by atoms with van der Waals surface area (Å²) in [5, 5.41) is 13.2. The van der Waals surface area contributed by atoms with E-state index in [0.717, 1.165) is 24.3 Å². The molecule has 0 spiro atoms. The normalized spacial score (nSPS) is 13.9. The largest absolute Gasteiger partial charge is 0.493 e. The number of rotatable bonds is 9. The van der Waals surface area contributed by atoms with Gasteiger partial charge in [-0.05, 0) is 25.5 Å². The maximum atomic E-state index is 9.99. The van der Waals surface area contributed by atoms with Gasteiger partial charge in [0.2, 0.25) is 0 Å². The standard InChI is InChI=1S/C15H25NO3/c1-4-9-15(2,17)12-16-10-11-19-14-8-6-5-7-13(14)18-3/h5-8,16-17H,4,9-12H2,1-3H3/t15-/m1/s1. The Balaban J connectivity index is 2.24. The summed E-state index contributed by atoms with van der Waals surface area (Å²) in [6.07, 6.45) is 1.78. The molecule has 0 aliphatic carbocycles. The summed E-state index contributed by atoms with van der Waals surface area (Å²) < 4.78 is 10.8. The quantitative estimate of drug-likeness (QED) is 0.674. The summed E-state index contributed by atoms with van der Waals surface area (Å²) in [4.78, 5) is 0. The Hall–Kier alpha value is -1.26. The second-order valence-corrected chi connectivity index (χ2v) is 4.92. The number of nitrogens with one attached hydrogen (secondary N) is 1. The van der Waals surface area contributed by atoms with E-state index in [4.69, 9.17) is 9.47 Å². The lowest BCUT2D eigenvalue weighted by Crippen LogP contribution is -2.39. The van der Waals surface area contributed by atoms with Crippen molar-refractivity contribution >= 4 is 0 Å². The number of aliphatic hydroxyl groups is 1. The van der Waals surface area contributed by atoms with Crippen molar-refractivity contribution in [2.75, 3.05) is 26.8 Å². The predicted octanol–water partition coefficient (Wildman–Crippen LogP) is 2.21. The van der Waals surface area contributed by atoms with Gasteiger partial charge in [-0.2, -0.15) is 0 Å². The molecule has 19 heavy (non-hydrogen) atoms. The Morgan fingerprint density at radius 3 is 2.58 bits per heavy atom. The molecule has 0 saturated heterocycles. The average molecular weight is 267 g/mol. The molecule has 0 bridgehead atoms. The van der Waals surface area contributed by atoms with Crippen molar-refractivity contribution in [2.24, 2.45) is 0 Å². The molecule has 0 aliphatic heterocycles. The first kappa shape index (κ1) is 15.8. The molecule has 4 heteroatoms. The molecule has 0 amide bonds. The van der Waals surface area contributed by atoms with Crippen LogP contribution in [0.5, 0.6) is 11.5 Å². The SMILES string of the molecule is CCC[C@@](C)(O)CNCCOc1ccccc1OC. The number of methoxy groups -OCH3 is 1. The zero-order chi connectivity index (χ0) is 14.1. The molecule has 1 aromatic rings. The molecule has 0 heterocycles. The molecule has 1 rings (SSSR count). The molecular weight excluding hydrogens is 242 g/mol. The van der Waals surface area contributed by atoms with Crippen molar-refractivity contribution in [1.29, 1.82) is 0 Å². The first-order chi connectivity index (χ1) is 9.09. The summed E-state index contributed by atoms with van der Waals surface area (Å²) in [6, 6.07) is 7.57. The van der Waals surface area contributed by atoms with Gasteiger partial charge in [-0.1, -0.05) is 25.5 Å². The minimum Gasteiger partial charge on any atom is -0.493 e. The Morgan fingerprint density at radius 2 is 1.95 bits per heavy atom. The van der Waals surface area contributed by atoms with Gasteiger partial charge in [-0.25, -0.2) is 0 Å². The van der Waals surface area contributed by atoms with E-state index < -0.39 is 5.60 Å². The van der Waals surface area contributed by atoms with Crippen LogP contribution in [-0.4, -0.2) is 37.5 Å².